The van der Waals surface area contributed by atoms with Crippen molar-refractivity contribution in [3.05, 3.63) is 62.2 Å². The van der Waals surface area contributed by atoms with E-state index >= 15 is 0 Å². The van der Waals surface area contributed by atoms with E-state index in [1.165, 1.54) is 16.7 Å². The summed E-state index contributed by atoms with van der Waals surface area (Å²) in [4.78, 5) is 16.7. The standard InChI is InChI=1S/C26H34IN3O3/c1-17-5-6-19(16-22(17)27)24(31)28-20-8-9-21-18(15-20)7-10-23(21)29-11-13-30(14-12-29)25(32)33-26(2,3)4/h5-6,8-9,15-16,23-24,28,31H,7,10-14H2,1-4H3. The van der Waals surface area contributed by atoms with Gasteiger partial charge in [0, 0.05) is 47.0 Å². The van der Waals surface area contributed by atoms with Gasteiger partial charge in [-0.15, -0.1) is 0 Å². The molecule has 0 spiro atoms. The molecule has 2 N–H and O–H groups in total. The molecule has 178 valence electrons. The van der Waals surface area contributed by atoms with E-state index < -0.39 is 11.8 Å². The highest BCUT2D eigenvalue weighted by molar-refractivity contribution is 14.1. The van der Waals surface area contributed by atoms with Crippen LogP contribution in [-0.4, -0.2) is 52.8 Å². The Bertz CT molecular complexity index is 1010. The highest BCUT2D eigenvalue weighted by atomic mass is 127. The van der Waals surface area contributed by atoms with E-state index in [9.17, 15) is 9.90 Å². The molecule has 2 aliphatic rings. The van der Waals surface area contributed by atoms with Crippen molar-refractivity contribution in [3.8, 4) is 0 Å². The van der Waals surface area contributed by atoms with Crippen LogP contribution in [-0.2, 0) is 11.2 Å². The summed E-state index contributed by atoms with van der Waals surface area (Å²) in [5.41, 5.74) is 5.26. The van der Waals surface area contributed by atoms with Gasteiger partial charge in [0.2, 0.25) is 0 Å². The Hall–Kier alpha value is -1.84. The van der Waals surface area contributed by atoms with E-state index in [0.29, 0.717) is 19.1 Å². The van der Waals surface area contributed by atoms with Crippen LogP contribution in [0.2, 0.25) is 0 Å². The first-order chi connectivity index (χ1) is 15.6. The molecule has 4 rings (SSSR count). The summed E-state index contributed by atoms with van der Waals surface area (Å²) in [6.45, 7) is 10.9. The number of anilines is 1. The minimum atomic E-state index is -0.740. The van der Waals surface area contributed by atoms with E-state index in [2.05, 4.69) is 57.9 Å². The van der Waals surface area contributed by atoms with Crippen LogP contribution in [0.3, 0.4) is 0 Å². The lowest BCUT2D eigenvalue weighted by Crippen LogP contribution is -2.50. The van der Waals surface area contributed by atoms with Gasteiger partial charge in [0.15, 0.2) is 6.23 Å². The average molecular weight is 563 g/mol. The molecule has 2 aromatic rings. The Balaban J connectivity index is 1.37. The van der Waals surface area contributed by atoms with E-state index in [-0.39, 0.29) is 6.09 Å². The minimum Gasteiger partial charge on any atom is -0.444 e. The second-order valence-corrected chi connectivity index (χ2v) is 11.2. The normalized spacial score (nSPS) is 19.8. The first-order valence-electron chi connectivity index (χ1n) is 11.7. The monoisotopic (exact) mass is 563 g/mol. The predicted molar refractivity (Wildman–Crippen MR) is 139 cm³/mol. The van der Waals surface area contributed by atoms with Crippen LogP contribution in [0.5, 0.6) is 0 Å². The maximum absolute atomic E-state index is 12.4. The van der Waals surface area contributed by atoms with Crippen molar-refractivity contribution in [1.82, 2.24) is 9.80 Å². The summed E-state index contributed by atoms with van der Waals surface area (Å²) in [6, 6.07) is 12.9. The summed E-state index contributed by atoms with van der Waals surface area (Å²) >= 11 is 2.30. The number of carbonyl (C=O) groups is 1. The number of amides is 1. The fourth-order valence-corrected chi connectivity index (χ4v) is 5.17. The van der Waals surface area contributed by atoms with Crippen LogP contribution in [0.15, 0.2) is 36.4 Å². The topological polar surface area (TPSA) is 65.0 Å². The van der Waals surface area contributed by atoms with Gasteiger partial charge >= 0.3 is 6.09 Å². The molecule has 0 aromatic heterocycles. The Kier molecular flexibility index (Phi) is 7.21. The molecule has 2 atom stereocenters. The highest BCUT2D eigenvalue weighted by Crippen LogP contribution is 2.38. The number of nitrogens with zero attached hydrogens (tertiary/aromatic N) is 2. The molecule has 33 heavy (non-hydrogen) atoms. The molecule has 1 aliphatic carbocycles. The van der Waals surface area contributed by atoms with Crippen molar-refractivity contribution < 1.29 is 14.6 Å². The lowest BCUT2D eigenvalue weighted by Gasteiger charge is -2.38. The number of rotatable bonds is 4. The Morgan fingerprint density at radius 2 is 1.88 bits per heavy atom. The Morgan fingerprint density at radius 1 is 1.15 bits per heavy atom. The number of halogens is 1. The van der Waals surface area contributed by atoms with Crippen molar-refractivity contribution in [1.29, 1.82) is 0 Å². The first-order valence-corrected chi connectivity index (χ1v) is 12.7. The van der Waals surface area contributed by atoms with E-state index in [0.717, 1.165) is 40.8 Å². The molecule has 0 saturated carbocycles. The number of hydrogen-bond acceptors (Lipinski definition) is 5. The van der Waals surface area contributed by atoms with Crippen molar-refractivity contribution in [3.63, 3.8) is 0 Å². The fourth-order valence-electron chi connectivity index (χ4n) is 4.63. The lowest BCUT2D eigenvalue weighted by molar-refractivity contribution is 0.0103. The number of fused-ring (bicyclic) bond motifs is 1. The zero-order valence-electron chi connectivity index (χ0n) is 19.9. The van der Waals surface area contributed by atoms with Gasteiger partial charge in [-0.1, -0.05) is 18.2 Å². The van der Waals surface area contributed by atoms with Gasteiger partial charge in [0.25, 0.3) is 0 Å². The van der Waals surface area contributed by atoms with Gasteiger partial charge in [-0.3, -0.25) is 4.90 Å². The minimum absolute atomic E-state index is 0.216. The summed E-state index contributed by atoms with van der Waals surface area (Å²) in [5, 5.41) is 13.9. The van der Waals surface area contributed by atoms with Crippen LogP contribution in [0.25, 0.3) is 0 Å². The molecule has 2 aromatic carbocycles. The van der Waals surface area contributed by atoms with E-state index in [1.54, 1.807) is 0 Å². The van der Waals surface area contributed by atoms with E-state index in [4.69, 9.17) is 4.74 Å². The van der Waals surface area contributed by atoms with Gasteiger partial charge in [0.05, 0.1) is 0 Å². The predicted octanol–water partition coefficient (Wildman–Crippen LogP) is 5.24. The molecule has 6 nitrogen and oxygen atoms in total. The van der Waals surface area contributed by atoms with Crippen LogP contribution in [0, 0.1) is 10.5 Å². The summed E-state index contributed by atoms with van der Waals surface area (Å²) in [6.07, 6.45) is 1.16. The Morgan fingerprint density at radius 3 is 2.55 bits per heavy atom. The summed E-state index contributed by atoms with van der Waals surface area (Å²) in [5.74, 6) is 0. The van der Waals surface area contributed by atoms with Crippen molar-refractivity contribution in [2.24, 2.45) is 0 Å². The zero-order valence-corrected chi connectivity index (χ0v) is 22.1. The van der Waals surface area contributed by atoms with Crippen molar-refractivity contribution >= 4 is 34.4 Å². The molecule has 7 heteroatoms. The smallest absolute Gasteiger partial charge is 0.410 e. The Labute approximate surface area is 210 Å². The summed E-state index contributed by atoms with van der Waals surface area (Å²) in [7, 11) is 0. The molecule has 1 amide bonds. The van der Waals surface area contributed by atoms with Gasteiger partial charge in [-0.05, 0) is 98.0 Å². The number of aliphatic hydroxyl groups is 1. The number of carbonyl (C=O) groups excluding carboxylic acids is 1. The van der Waals surface area contributed by atoms with E-state index in [1.807, 2.05) is 43.9 Å². The molecule has 1 aliphatic heterocycles. The number of nitrogens with one attached hydrogen (secondary N) is 1. The van der Waals surface area contributed by atoms with Gasteiger partial charge in [-0.25, -0.2) is 4.79 Å². The van der Waals surface area contributed by atoms with Gasteiger partial charge < -0.3 is 20.1 Å². The molecule has 1 saturated heterocycles. The molecule has 0 radical (unpaired) electrons. The number of hydrogen-bond donors (Lipinski definition) is 2. The van der Waals surface area contributed by atoms with Gasteiger partial charge in [0.1, 0.15) is 5.60 Å². The molecular formula is C26H34IN3O3. The third kappa shape index (κ3) is 5.81. The second kappa shape index (κ2) is 9.80. The van der Waals surface area contributed by atoms with Crippen LogP contribution < -0.4 is 5.32 Å². The van der Waals surface area contributed by atoms with Gasteiger partial charge in [-0.2, -0.15) is 0 Å². The average Bonchev–Trinajstić information content (AvgIpc) is 3.18. The first kappa shape index (κ1) is 24.3. The molecule has 0 bridgehead atoms. The number of aliphatic hydroxyl groups excluding tert-OH is 1. The number of piperazine rings is 1. The number of benzene rings is 2. The zero-order chi connectivity index (χ0) is 23.8. The maximum Gasteiger partial charge on any atom is 0.410 e. The number of aryl methyl sites for hydroxylation is 2. The van der Waals surface area contributed by atoms with Crippen LogP contribution in [0.1, 0.15) is 61.7 Å². The highest BCUT2D eigenvalue weighted by Gasteiger charge is 2.32. The van der Waals surface area contributed by atoms with Crippen molar-refractivity contribution in [2.45, 2.75) is 58.4 Å². The van der Waals surface area contributed by atoms with Crippen LogP contribution >= 0.6 is 22.6 Å². The molecule has 2 unspecified atom stereocenters. The van der Waals surface area contributed by atoms with Crippen LogP contribution in [0.4, 0.5) is 10.5 Å². The molecule has 1 heterocycles. The third-order valence-electron chi connectivity index (χ3n) is 6.41. The number of ether oxygens (including phenoxy) is 1. The quantitative estimate of drug-likeness (QED) is 0.394. The fraction of sp³-hybridized carbons (Fsp3) is 0.500. The SMILES string of the molecule is Cc1ccc(C(O)Nc2ccc3c(c2)CCC3N2CCN(C(=O)OC(C)(C)C)CC2)cc1I. The third-order valence-corrected chi connectivity index (χ3v) is 7.57. The maximum atomic E-state index is 12.4. The second-order valence-electron chi connectivity index (χ2n) is 10.0. The largest absolute Gasteiger partial charge is 0.444 e. The van der Waals surface area contributed by atoms with Crippen molar-refractivity contribution in [2.75, 3.05) is 31.5 Å². The molecular weight excluding hydrogens is 529 g/mol. The summed E-state index contributed by atoms with van der Waals surface area (Å²) < 4.78 is 6.67. The molecule has 1 fully saturated rings. The lowest BCUT2D eigenvalue weighted by atomic mass is 10.0.